The van der Waals surface area contributed by atoms with Crippen molar-refractivity contribution in [2.24, 2.45) is 5.73 Å². The van der Waals surface area contributed by atoms with Gasteiger partial charge in [-0.15, -0.1) is 0 Å². The van der Waals surface area contributed by atoms with Gasteiger partial charge in [0.1, 0.15) is 5.65 Å². The molecule has 0 saturated carbocycles. The van der Waals surface area contributed by atoms with Crippen LogP contribution in [0.2, 0.25) is 0 Å². The molecule has 2 aromatic rings. The molecular formula is C14H22N4. The molecule has 0 aliphatic rings. The third-order valence-electron chi connectivity index (χ3n) is 3.16. The van der Waals surface area contributed by atoms with Crippen molar-refractivity contribution < 1.29 is 0 Å². The van der Waals surface area contributed by atoms with Gasteiger partial charge in [0.25, 0.3) is 0 Å². The first kappa shape index (κ1) is 12.9. The van der Waals surface area contributed by atoms with E-state index in [1.165, 1.54) is 5.69 Å². The second-order valence-electron chi connectivity index (χ2n) is 4.43. The summed E-state index contributed by atoms with van der Waals surface area (Å²) in [6, 6.07) is 6.10. The van der Waals surface area contributed by atoms with E-state index in [1.807, 2.05) is 18.2 Å². The molecule has 0 saturated heterocycles. The number of nitrogens with two attached hydrogens (primary N) is 1. The van der Waals surface area contributed by atoms with Crippen LogP contribution in [0.15, 0.2) is 24.4 Å². The van der Waals surface area contributed by atoms with E-state index in [9.17, 15) is 0 Å². The first-order valence-corrected chi connectivity index (χ1v) is 6.72. The van der Waals surface area contributed by atoms with E-state index < -0.39 is 0 Å². The van der Waals surface area contributed by atoms with Gasteiger partial charge in [0.2, 0.25) is 0 Å². The molecule has 0 aliphatic heterocycles. The smallest absolute Gasteiger partial charge is 0.151 e. The zero-order valence-electron chi connectivity index (χ0n) is 11.3. The van der Waals surface area contributed by atoms with Crippen molar-refractivity contribution in [1.29, 1.82) is 0 Å². The Hall–Kier alpha value is -1.55. The maximum absolute atomic E-state index is 5.74. The molecule has 2 heterocycles. The van der Waals surface area contributed by atoms with Crippen molar-refractivity contribution in [3.8, 4) is 0 Å². The number of rotatable bonds is 6. The zero-order valence-corrected chi connectivity index (χ0v) is 11.3. The average molecular weight is 246 g/mol. The summed E-state index contributed by atoms with van der Waals surface area (Å²) in [5.41, 5.74) is 7.97. The fraction of sp³-hybridized carbons (Fsp3) is 0.500. The van der Waals surface area contributed by atoms with Crippen molar-refractivity contribution >= 4 is 11.5 Å². The fourth-order valence-electron chi connectivity index (χ4n) is 2.34. The van der Waals surface area contributed by atoms with E-state index in [0.717, 1.165) is 37.4 Å². The Morgan fingerprint density at radius 1 is 1.33 bits per heavy atom. The molecule has 98 valence electrons. The predicted molar refractivity (Wildman–Crippen MR) is 76.1 cm³/mol. The molecule has 0 radical (unpaired) electrons. The molecule has 4 heteroatoms. The molecule has 2 N–H and O–H groups in total. The minimum Gasteiger partial charge on any atom is -0.355 e. The van der Waals surface area contributed by atoms with Gasteiger partial charge < -0.3 is 15.0 Å². The van der Waals surface area contributed by atoms with Gasteiger partial charge in [-0.05, 0) is 32.0 Å². The summed E-state index contributed by atoms with van der Waals surface area (Å²) in [6.07, 6.45) is 4.06. The highest BCUT2D eigenvalue weighted by Crippen LogP contribution is 2.22. The Morgan fingerprint density at radius 3 is 2.83 bits per heavy atom. The molecule has 0 spiro atoms. The molecule has 0 amide bonds. The highest BCUT2D eigenvalue weighted by atomic mass is 15.2. The van der Waals surface area contributed by atoms with Crippen LogP contribution in [0.25, 0.3) is 5.65 Å². The average Bonchev–Trinajstić information content (AvgIpc) is 2.76. The van der Waals surface area contributed by atoms with Gasteiger partial charge in [-0.2, -0.15) is 0 Å². The van der Waals surface area contributed by atoms with E-state index in [0.29, 0.717) is 6.54 Å². The number of hydrogen-bond donors (Lipinski definition) is 1. The number of anilines is 1. The summed E-state index contributed by atoms with van der Waals surface area (Å²) in [6.45, 7) is 7.04. The Kier molecular flexibility index (Phi) is 4.20. The highest BCUT2D eigenvalue weighted by molar-refractivity contribution is 5.56. The molecular weight excluding hydrogens is 224 g/mol. The van der Waals surface area contributed by atoms with Gasteiger partial charge >= 0.3 is 0 Å². The van der Waals surface area contributed by atoms with Crippen LogP contribution in [-0.2, 0) is 6.42 Å². The second kappa shape index (κ2) is 5.87. The quantitative estimate of drug-likeness (QED) is 0.848. The van der Waals surface area contributed by atoms with E-state index in [1.54, 1.807) is 0 Å². The van der Waals surface area contributed by atoms with E-state index >= 15 is 0 Å². The third kappa shape index (κ3) is 2.34. The minimum absolute atomic E-state index is 0.652. The lowest BCUT2D eigenvalue weighted by Gasteiger charge is -2.21. The summed E-state index contributed by atoms with van der Waals surface area (Å²) < 4.78 is 2.15. The maximum atomic E-state index is 5.74. The summed E-state index contributed by atoms with van der Waals surface area (Å²) in [5, 5.41) is 0. The third-order valence-corrected chi connectivity index (χ3v) is 3.16. The molecule has 0 aromatic carbocycles. The number of nitrogens with zero attached hydrogens (tertiary/aromatic N) is 3. The highest BCUT2D eigenvalue weighted by Gasteiger charge is 2.15. The van der Waals surface area contributed by atoms with Crippen LogP contribution in [0.4, 0.5) is 5.82 Å². The van der Waals surface area contributed by atoms with Crippen LogP contribution in [0.3, 0.4) is 0 Å². The molecule has 2 aromatic heterocycles. The van der Waals surface area contributed by atoms with Crippen molar-refractivity contribution in [3.63, 3.8) is 0 Å². The predicted octanol–water partition coefficient (Wildman–Crippen LogP) is 2.07. The van der Waals surface area contributed by atoms with E-state index in [-0.39, 0.29) is 0 Å². The summed E-state index contributed by atoms with van der Waals surface area (Å²) >= 11 is 0. The number of imidazole rings is 1. The molecule has 4 nitrogen and oxygen atoms in total. The molecule has 18 heavy (non-hydrogen) atoms. The van der Waals surface area contributed by atoms with Crippen LogP contribution in [0.1, 0.15) is 26.0 Å². The van der Waals surface area contributed by atoms with Crippen molar-refractivity contribution in [1.82, 2.24) is 9.38 Å². The van der Waals surface area contributed by atoms with Crippen molar-refractivity contribution in [3.05, 3.63) is 30.1 Å². The first-order chi connectivity index (χ1) is 8.81. The summed E-state index contributed by atoms with van der Waals surface area (Å²) in [7, 11) is 0. The first-order valence-electron chi connectivity index (χ1n) is 6.72. The van der Waals surface area contributed by atoms with Crippen LogP contribution < -0.4 is 10.6 Å². The molecule has 0 bridgehead atoms. The molecule has 2 rings (SSSR count). The second-order valence-corrected chi connectivity index (χ2v) is 4.43. The fourth-order valence-corrected chi connectivity index (χ4v) is 2.34. The molecule has 0 atom stereocenters. The number of pyridine rings is 1. The van der Waals surface area contributed by atoms with Crippen molar-refractivity contribution in [2.45, 2.75) is 26.7 Å². The maximum Gasteiger partial charge on any atom is 0.151 e. The summed E-state index contributed by atoms with van der Waals surface area (Å²) in [5.74, 6) is 1.09. The van der Waals surface area contributed by atoms with Gasteiger partial charge in [0, 0.05) is 25.7 Å². The monoisotopic (exact) mass is 246 g/mol. The lowest BCUT2D eigenvalue weighted by atomic mass is 10.2. The van der Waals surface area contributed by atoms with Crippen LogP contribution in [-0.4, -0.2) is 29.0 Å². The van der Waals surface area contributed by atoms with Crippen LogP contribution in [0.5, 0.6) is 0 Å². The van der Waals surface area contributed by atoms with Crippen molar-refractivity contribution in [2.75, 3.05) is 24.5 Å². The van der Waals surface area contributed by atoms with Crippen LogP contribution in [0, 0.1) is 0 Å². The minimum atomic E-state index is 0.652. The SMILES string of the molecule is CCCN(CC)c1nc2ccccn2c1CCN. The normalized spacial score (nSPS) is 11.1. The Labute approximate surface area is 108 Å². The molecule has 0 aliphatic carbocycles. The van der Waals surface area contributed by atoms with Gasteiger partial charge in [-0.3, -0.25) is 0 Å². The summed E-state index contributed by atoms with van der Waals surface area (Å²) in [4.78, 5) is 7.09. The topological polar surface area (TPSA) is 46.6 Å². The molecule has 0 unspecified atom stereocenters. The lowest BCUT2D eigenvalue weighted by molar-refractivity contribution is 0.770. The Morgan fingerprint density at radius 2 is 2.17 bits per heavy atom. The Balaban J connectivity index is 2.50. The number of aromatic nitrogens is 2. The van der Waals surface area contributed by atoms with Gasteiger partial charge in [-0.25, -0.2) is 4.98 Å². The largest absolute Gasteiger partial charge is 0.355 e. The number of hydrogen-bond acceptors (Lipinski definition) is 3. The van der Waals surface area contributed by atoms with Gasteiger partial charge in [-0.1, -0.05) is 13.0 Å². The lowest BCUT2D eigenvalue weighted by Crippen LogP contribution is -2.25. The number of fused-ring (bicyclic) bond motifs is 1. The van der Waals surface area contributed by atoms with E-state index in [4.69, 9.17) is 10.7 Å². The zero-order chi connectivity index (χ0) is 13.0. The van der Waals surface area contributed by atoms with E-state index in [2.05, 4.69) is 29.3 Å². The Bertz CT molecular complexity index is 503. The van der Waals surface area contributed by atoms with Gasteiger partial charge in [0.15, 0.2) is 5.82 Å². The standard InChI is InChI=1S/C14H22N4/c1-3-10-17(4-2)14-12(8-9-15)18-11-6-5-7-13(18)16-14/h5-7,11H,3-4,8-10,15H2,1-2H3. The molecule has 0 fully saturated rings. The van der Waals surface area contributed by atoms with Crippen LogP contribution >= 0.6 is 0 Å². The van der Waals surface area contributed by atoms with Gasteiger partial charge in [0.05, 0.1) is 5.69 Å².